The maximum Gasteiger partial charge on any atom is 0.223 e. The molecule has 0 bridgehead atoms. The molecule has 0 atom stereocenters. The highest BCUT2D eigenvalue weighted by Gasteiger charge is 2.40. The van der Waals surface area contributed by atoms with Crippen molar-refractivity contribution in [1.29, 1.82) is 0 Å². The Balaban J connectivity index is 1.29. The van der Waals surface area contributed by atoms with Gasteiger partial charge in [0.15, 0.2) is 17.4 Å². The van der Waals surface area contributed by atoms with Crippen LogP contribution in [-0.4, -0.2) is 47.9 Å². The Morgan fingerprint density at radius 2 is 1.85 bits per heavy atom. The predicted molar refractivity (Wildman–Crippen MR) is 95.4 cm³/mol. The number of amides is 1. The molecule has 4 rings (SSSR count). The van der Waals surface area contributed by atoms with E-state index in [4.69, 9.17) is 13.9 Å². The van der Waals surface area contributed by atoms with Crippen LogP contribution in [-0.2, 0) is 20.7 Å². The van der Waals surface area contributed by atoms with Crippen molar-refractivity contribution in [2.45, 2.75) is 38.4 Å². The number of ether oxygens (including phenoxy) is 2. The lowest BCUT2D eigenvalue weighted by Gasteiger charge is -2.37. The van der Waals surface area contributed by atoms with Crippen LogP contribution >= 0.6 is 0 Å². The molecule has 0 saturated carbocycles. The number of likely N-dealkylation sites (tertiary alicyclic amines) is 1. The molecule has 138 valence electrons. The molecular formula is C20H24N2O4. The van der Waals surface area contributed by atoms with E-state index >= 15 is 0 Å². The second-order valence-corrected chi connectivity index (χ2v) is 6.97. The monoisotopic (exact) mass is 356 g/mol. The minimum Gasteiger partial charge on any atom is -0.441 e. The average molecular weight is 356 g/mol. The Labute approximate surface area is 153 Å². The normalized spacial score (nSPS) is 19.2. The first-order valence-electron chi connectivity index (χ1n) is 9.21. The van der Waals surface area contributed by atoms with Gasteiger partial charge in [-0.3, -0.25) is 4.79 Å². The first kappa shape index (κ1) is 17.2. The fourth-order valence-electron chi connectivity index (χ4n) is 3.53. The van der Waals surface area contributed by atoms with Gasteiger partial charge in [0, 0.05) is 44.3 Å². The van der Waals surface area contributed by atoms with E-state index < -0.39 is 5.79 Å². The fraction of sp³-hybridized carbons (Fsp3) is 0.500. The molecule has 0 aliphatic carbocycles. The van der Waals surface area contributed by atoms with Gasteiger partial charge in [-0.1, -0.05) is 29.8 Å². The molecule has 6 nitrogen and oxygen atoms in total. The van der Waals surface area contributed by atoms with E-state index in [2.05, 4.69) is 11.9 Å². The largest absolute Gasteiger partial charge is 0.441 e. The highest BCUT2D eigenvalue weighted by molar-refractivity contribution is 5.76. The van der Waals surface area contributed by atoms with Crippen LogP contribution in [0.2, 0.25) is 0 Å². The average Bonchev–Trinajstić information content (AvgIpc) is 3.31. The van der Waals surface area contributed by atoms with Gasteiger partial charge in [-0.15, -0.1) is 0 Å². The molecule has 1 amide bonds. The Hall–Kier alpha value is -2.18. The molecule has 2 aliphatic rings. The number of rotatable bonds is 4. The van der Waals surface area contributed by atoms with E-state index in [1.165, 1.54) is 5.56 Å². The van der Waals surface area contributed by atoms with E-state index in [-0.39, 0.29) is 5.91 Å². The predicted octanol–water partition coefficient (Wildman–Crippen LogP) is 2.95. The van der Waals surface area contributed by atoms with Gasteiger partial charge in [0.2, 0.25) is 5.91 Å². The van der Waals surface area contributed by atoms with E-state index in [1.807, 2.05) is 29.2 Å². The van der Waals surface area contributed by atoms with Crippen molar-refractivity contribution in [2.24, 2.45) is 0 Å². The number of piperidine rings is 1. The highest BCUT2D eigenvalue weighted by Crippen LogP contribution is 2.31. The number of carbonyl (C=O) groups excluding carboxylic acids is 1. The lowest BCUT2D eigenvalue weighted by atomic mass is 10.0. The number of benzene rings is 1. The SMILES string of the molecule is Cc1ccc(-c2cnc(CCC(=O)N3CCC4(CC3)OCCO4)o2)cc1. The minimum atomic E-state index is -0.442. The third kappa shape index (κ3) is 3.66. The van der Waals surface area contributed by atoms with Crippen LogP contribution in [0.5, 0.6) is 0 Å². The summed E-state index contributed by atoms with van der Waals surface area (Å²) in [4.78, 5) is 18.7. The van der Waals surface area contributed by atoms with Crippen LogP contribution in [0.15, 0.2) is 34.9 Å². The molecule has 0 unspecified atom stereocenters. The molecule has 1 aromatic heterocycles. The molecular weight excluding hydrogens is 332 g/mol. The van der Waals surface area contributed by atoms with Gasteiger partial charge < -0.3 is 18.8 Å². The lowest BCUT2D eigenvalue weighted by molar-refractivity contribution is -0.187. The van der Waals surface area contributed by atoms with Crippen molar-refractivity contribution in [3.05, 3.63) is 41.9 Å². The van der Waals surface area contributed by atoms with Gasteiger partial charge in [-0.05, 0) is 6.92 Å². The number of hydrogen-bond donors (Lipinski definition) is 0. The van der Waals surface area contributed by atoms with Crippen LogP contribution in [0.25, 0.3) is 11.3 Å². The fourth-order valence-corrected chi connectivity index (χ4v) is 3.53. The van der Waals surface area contributed by atoms with Crippen LogP contribution < -0.4 is 0 Å². The highest BCUT2D eigenvalue weighted by atomic mass is 16.7. The smallest absolute Gasteiger partial charge is 0.223 e. The summed E-state index contributed by atoms with van der Waals surface area (Å²) in [6.07, 6.45) is 4.14. The minimum absolute atomic E-state index is 0.132. The van der Waals surface area contributed by atoms with Crippen molar-refractivity contribution < 1.29 is 18.7 Å². The molecule has 2 aliphatic heterocycles. The maximum atomic E-state index is 12.5. The Morgan fingerprint density at radius 1 is 1.15 bits per heavy atom. The van der Waals surface area contributed by atoms with Crippen LogP contribution in [0.3, 0.4) is 0 Å². The standard InChI is InChI=1S/C20H24N2O4/c1-15-2-4-16(5-3-15)17-14-21-18(26-17)6-7-19(23)22-10-8-20(9-11-22)24-12-13-25-20/h2-5,14H,6-13H2,1H3. The topological polar surface area (TPSA) is 64.8 Å². The maximum absolute atomic E-state index is 12.5. The van der Waals surface area contributed by atoms with Crippen molar-refractivity contribution in [1.82, 2.24) is 9.88 Å². The van der Waals surface area contributed by atoms with Gasteiger partial charge in [-0.2, -0.15) is 0 Å². The van der Waals surface area contributed by atoms with Gasteiger partial charge in [0.05, 0.1) is 19.4 Å². The number of carbonyl (C=O) groups is 1. The zero-order valence-corrected chi connectivity index (χ0v) is 15.1. The Morgan fingerprint density at radius 3 is 2.54 bits per heavy atom. The van der Waals surface area contributed by atoms with E-state index in [1.54, 1.807) is 6.20 Å². The Kier molecular flexibility index (Phi) is 4.78. The first-order chi connectivity index (χ1) is 12.6. The second-order valence-electron chi connectivity index (χ2n) is 6.97. The van der Waals surface area contributed by atoms with E-state index in [0.29, 0.717) is 45.0 Å². The van der Waals surface area contributed by atoms with Crippen molar-refractivity contribution >= 4 is 5.91 Å². The van der Waals surface area contributed by atoms with Crippen LogP contribution in [0, 0.1) is 6.92 Å². The molecule has 2 aromatic rings. The van der Waals surface area contributed by atoms with Crippen LogP contribution in [0.1, 0.15) is 30.7 Å². The summed E-state index contributed by atoms with van der Waals surface area (Å²) >= 11 is 0. The van der Waals surface area contributed by atoms with E-state index in [9.17, 15) is 4.79 Å². The number of nitrogens with zero attached hydrogens (tertiary/aromatic N) is 2. The molecule has 1 aromatic carbocycles. The summed E-state index contributed by atoms with van der Waals surface area (Å²) in [5, 5.41) is 0. The molecule has 0 radical (unpaired) electrons. The number of oxazole rings is 1. The summed E-state index contributed by atoms with van der Waals surface area (Å²) < 4.78 is 17.2. The second kappa shape index (κ2) is 7.21. The lowest BCUT2D eigenvalue weighted by Crippen LogP contribution is -2.47. The number of aryl methyl sites for hydroxylation is 2. The van der Waals surface area contributed by atoms with Gasteiger partial charge in [-0.25, -0.2) is 4.98 Å². The zero-order valence-electron chi connectivity index (χ0n) is 15.1. The molecule has 0 N–H and O–H groups in total. The third-order valence-corrected chi connectivity index (χ3v) is 5.13. The quantitative estimate of drug-likeness (QED) is 0.843. The van der Waals surface area contributed by atoms with Crippen molar-refractivity contribution in [2.75, 3.05) is 26.3 Å². The van der Waals surface area contributed by atoms with Gasteiger partial charge >= 0.3 is 0 Å². The van der Waals surface area contributed by atoms with Crippen molar-refractivity contribution in [3.63, 3.8) is 0 Å². The van der Waals surface area contributed by atoms with Crippen molar-refractivity contribution in [3.8, 4) is 11.3 Å². The molecule has 26 heavy (non-hydrogen) atoms. The van der Waals surface area contributed by atoms with Gasteiger partial charge in [0.1, 0.15) is 0 Å². The first-order valence-corrected chi connectivity index (χ1v) is 9.21. The number of hydrogen-bond acceptors (Lipinski definition) is 5. The Bertz CT molecular complexity index is 752. The number of aromatic nitrogens is 1. The molecule has 3 heterocycles. The molecule has 2 saturated heterocycles. The molecule has 6 heteroatoms. The third-order valence-electron chi connectivity index (χ3n) is 5.13. The zero-order chi connectivity index (χ0) is 18.0. The van der Waals surface area contributed by atoms with E-state index in [0.717, 1.165) is 24.2 Å². The van der Waals surface area contributed by atoms with Crippen LogP contribution in [0.4, 0.5) is 0 Å². The summed E-state index contributed by atoms with van der Waals surface area (Å²) in [6, 6.07) is 8.12. The summed E-state index contributed by atoms with van der Waals surface area (Å²) in [5.74, 6) is 1.03. The summed E-state index contributed by atoms with van der Waals surface area (Å²) in [7, 11) is 0. The summed E-state index contributed by atoms with van der Waals surface area (Å²) in [6.45, 7) is 4.72. The molecule has 1 spiro atoms. The van der Waals surface area contributed by atoms with Gasteiger partial charge in [0.25, 0.3) is 0 Å². The summed E-state index contributed by atoms with van der Waals surface area (Å²) in [5.41, 5.74) is 2.20. The molecule has 2 fully saturated rings.